The van der Waals surface area contributed by atoms with Gasteiger partial charge in [0.2, 0.25) is 0 Å². The first-order chi connectivity index (χ1) is 16.4. The van der Waals surface area contributed by atoms with Gasteiger partial charge in [0.05, 0.1) is 30.0 Å². The number of nitrogens with one attached hydrogen (secondary N) is 3. The molecule has 0 unspecified atom stereocenters. The first-order valence-electron chi connectivity index (χ1n) is 11.9. The Kier molecular flexibility index (Phi) is 7.87. The van der Waals surface area contributed by atoms with Crippen molar-refractivity contribution in [2.24, 2.45) is 5.41 Å². The van der Waals surface area contributed by atoms with Crippen LogP contribution in [0.4, 0.5) is 15.9 Å². The summed E-state index contributed by atoms with van der Waals surface area (Å²) in [4.78, 5) is 8.49. The van der Waals surface area contributed by atoms with Gasteiger partial charge in [-0.2, -0.15) is 5.26 Å². The summed E-state index contributed by atoms with van der Waals surface area (Å²) < 4.78 is 19.9. The van der Waals surface area contributed by atoms with Crippen molar-refractivity contribution in [2.45, 2.75) is 63.6 Å². The van der Waals surface area contributed by atoms with E-state index in [4.69, 9.17) is 16.3 Å². The lowest BCUT2D eigenvalue weighted by Gasteiger charge is -2.31. The van der Waals surface area contributed by atoms with Gasteiger partial charge >= 0.3 is 0 Å². The Bertz CT molecular complexity index is 1030. The van der Waals surface area contributed by atoms with Gasteiger partial charge in [0, 0.05) is 49.1 Å². The number of nitriles is 1. The number of aromatic nitrogens is 2. The average Bonchev–Trinajstić information content (AvgIpc) is 3.62. The smallest absolute Gasteiger partial charge is 0.152 e. The summed E-state index contributed by atoms with van der Waals surface area (Å²) in [5.41, 5.74) is 1.29. The number of hydrogen-bond donors (Lipinski definition) is 3. The maximum absolute atomic E-state index is 14.7. The second-order valence-corrected chi connectivity index (χ2v) is 9.93. The third kappa shape index (κ3) is 6.15. The zero-order chi connectivity index (χ0) is 24.1. The molecule has 2 aliphatic carbocycles. The van der Waals surface area contributed by atoms with E-state index in [9.17, 15) is 9.65 Å². The predicted octanol–water partition coefficient (Wildman–Crippen LogP) is 5.00. The molecule has 0 amide bonds. The first-order valence-corrected chi connectivity index (χ1v) is 12.3. The number of ether oxygens (including phenoxy) is 1. The van der Waals surface area contributed by atoms with Crippen molar-refractivity contribution < 1.29 is 9.13 Å². The molecule has 2 aromatic rings. The van der Waals surface area contributed by atoms with Gasteiger partial charge in [0.15, 0.2) is 5.15 Å². The molecule has 0 bridgehead atoms. The first kappa shape index (κ1) is 24.6. The molecule has 4 rings (SSSR count). The molecule has 2 aromatic heterocycles. The van der Waals surface area contributed by atoms with Crippen molar-refractivity contribution in [3.8, 4) is 17.2 Å². The standard InChI is InChI=1S/C25H32ClFN6O/c1-16(13-34-2)32-18-3-5-19(6-4-18)33-23-10-20(21(27)12-29-23)17-9-22(24(26)30-11-17)31-15-25(14-28)7-8-25/h9-12,16,18-19,31-32H,3-8,13,15H2,1-2H3,(H,29,33)/t16-,18-,19-/m0/s1. The average molecular weight is 487 g/mol. The normalized spacial score (nSPS) is 22.0. The molecule has 2 aliphatic rings. The molecule has 0 saturated heterocycles. The van der Waals surface area contributed by atoms with Gasteiger partial charge in [-0.1, -0.05) is 11.6 Å². The van der Waals surface area contributed by atoms with E-state index in [2.05, 4.69) is 38.9 Å². The fourth-order valence-electron chi connectivity index (χ4n) is 4.52. The molecular weight excluding hydrogens is 455 g/mol. The summed E-state index contributed by atoms with van der Waals surface area (Å²) in [5.74, 6) is 0.225. The number of methoxy groups -OCH3 is 1. The lowest BCUT2D eigenvalue weighted by Crippen LogP contribution is -2.42. The molecule has 0 aliphatic heterocycles. The number of nitrogens with zero attached hydrogens (tertiary/aromatic N) is 3. The minimum atomic E-state index is -0.420. The maximum atomic E-state index is 14.7. The van der Waals surface area contributed by atoms with Crippen LogP contribution in [0.2, 0.25) is 5.15 Å². The summed E-state index contributed by atoms with van der Waals surface area (Å²) in [6.45, 7) is 3.34. The molecular formula is C25H32ClFN6O. The van der Waals surface area contributed by atoms with Gasteiger partial charge in [-0.3, -0.25) is 0 Å². The molecule has 0 spiro atoms. The lowest BCUT2D eigenvalue weighted by atomic mass is 9.90. The van der Waals surface area contributed by atoms with E-state index in [-0.39, 0.29) is 5.41 Å². The minimum absolute atomic E-state index is 0.294. The van der Waals surface area contributed by atoms with Gasteiger partial charge in [0.1, 0.15) is 11.6 Å². The summed E-state index contributed by atoms with van der Waals surface area (Å²) in [6, 6.07) is 6.98. The van der Waals surface area contributed by atoms with Crippen LogP contribution in [0.3, 0.4) is 0 Å². The van der Waals surface area contributed by atoms with Crippen LogP contribution in [0.25, 0.3) is 11.1 Å². The van der Waals surface area contributed by atoms with E-state index in [0.29, 0.717) is 59.1 Å². The van der Waals surface area contributed by atoms with Crippen LogP contribution >= 0.6 is 11.6 Å². The third-order valence-corrected chi connectivity index (χ3v) is 7.03. The highest BCUT2D eigenvalue weighted by molar-refractivity contribution is 6.32. The van der Waals surface area contributed by atoms with Crippen molar-refractivity contribution in [2.75, 3.05) is 30.9 Å². The summed E-state index contributed by atoms with van der Waals surface area (Å²) in [7, 11) is 1.72. The van der Waals surface area contributed by atoms with Crippen LogP contribution in [0.1, 0.15) is 45.4 Å². The Morgan fingerprint density at radius 3 is 2.62 bits per heavy atom. The molecule has 182 valence electrons. The highest BCUT2D eigenvalue weighted by atomic mass is 35.5. The summed E-state index contributed by atoms with van der Waals surface area (Å²) >= 11 is 6.25. The van der Waals surface area contributed by atoms with E-state index in [1.54, 1.807) is 25.4 Å². The number of pyridine rings is 2. The Hall–Kier alpha value is -2.47. The topological polar surface area (TPSA) is 94.9 Å². The molecule has 9 heteroatoms. The molecule has 2 heterocycles. The fraction of sp³-hybridized carbons (Fsp3) is 0.560. The Morgan fingerprint density at radius 2 is 1.94 bits per heavy atom. The monoisotopic (exact) mass is 486 g/mol. The van der Waals surface area contributed by atoms with E-state index in [0.717, 1.165) is 38.5 Å². The largest absolute Gasteiger partial charge is 0.383 e. The number of halogens is 2. The van der Waals surface area contributed by atoms with Gasteiger partial charge < -0.3 is 20.7 Å². The van der Waals surface area contributed by atoms with Gasteiger partial charge in [0.25, 0.3) is 0 Å². The number of hydrogen-bond acceptors (Lipinski definition) is 7. The van der Waals surface area contributed by atoms with E-state index in [1.165, 1.54) is 6.20 Å². The highest BCUT2D eigenvalue weighted by Gasteiger charge is 2.43. The Balaban J connectivity index is 1.40. The van der Waals surface area contributed by atoms with Crippen LogP contribution in [-0.2, 0) is 4.74 Å². The zero-order valence-corrected chi connectivity index (χ0v) is 20.5. The molecule has 7 nitrogen and oxygen atoms in total. The quantitative estimate of drug-likeness (QED) is 0.407. The second-order valence-electron chi connectivity index (χ2n) is 9.57. The predicted molar refractivity (Wildman–Crippen MR) is 132 cm³/mol. The van der Waals surface area contributed by atoms with Crippen LogP contribution in [0.5, 0.6) is 0 Å². The molecule has 3 N–H and O–H groups in total. The summed E-state index contributed by atoms with van der Waals surface area (Å²) in [5, 5.41) is 19.9. The van der Waals surface area contributed by atoms with Gasteiger partial charge in [-0.15, -0.1) is 0 Å². The number of anilines is 2. The van der Waals surface area contributed by atoms with Crippen LogP contribution in [0, 0.1) is 22.6 Å². The highest BCUT2D eigenvalue weighted by Crippen LogP contribution is 2.45. The fourth-order valence-corrected chi connectivity index (χ4v) is 4.69. The third-order valence-electron chi connectivity index (χ3n) is 6.73. The van der Waals surface area contributed by atoms with Gasteiger partial charge in [-0.05, 0) is 57.6 Å². The summed E-state index contributed by atoms with van der Waals surface area (Å²) in [6.07, 6.45) is 8.73. The van der Waals surface area contributed by atoms with Crippen molar-refractivity contribution in [1.82, 2.24) is 15.3 Å². The second kappa shape index (κ2) is 10.9. The van der Waals surface area contributed by atoms with Crippen molar-refractivity contribution >= 4 is 23.1 Å². The Labute approximate surface area is 205 Å². The minimum Gasteiger partial charge on any atom is -0.383 e. The van der Waals surface area contributed by atoms with Crippen LogP contribution in [0.15, 0.2) is 24.5 Å². The molecule has 1 atom stereocenters. The molecule has 2 saturated carbocycles. The molecule has 2 fully saturated rings. The van der Waals surface area contributed by atoms with Gasteiger partial charge in [-0.25, -0.2) is 14.4 Å². The molecule has 0 radical (unpaired) electrons. The molecule has 0 aromatic carbocycles. The number of rotatable bonds is 10. The van der Waals surface area contributed by atoms with E-state index >= 15 is 0 Å². The van der Waals surface area contributed by atoms with Crippen molar-refractivity contribution in [1.29, 1.82) is 5.26 Å². The van der Waals surface area contributed by atoms with Crippen LogP contribution in [-0.4, -0.2) is 48.4 Å². The SMILES string of the molecule is COC[C@H](C)N[C@H]1CC[C@H](Nc2cc(-c3cnc(Cl)c(NCC4(C#N)CC4)c3)c(F)cn2)CC1. The lowest BCUT2D eigenvalue weighted by molar-refractivity contribution is 0.161. The van der Waals surface area contributed by atoms with E-state index in [1.807, 2.05) is 0 Å². The van der Waals surface area contributed by atoms with Crippen molar-refractivity contribution in [3.05, 3.63) is 35.5 Å². The van der Waals surface area contributed by atoms with Crippen molar-refractivity contribution in [3.63, 3.8) is 0 Å². The maximum Gasteiger partial charge on any atom is 0.152 e. The Morgan fingerprint density at radius 1 is 1.21 bits per heavy atom. The van der Waals surface area contributed by atoms with Crippen LogP contribution < -0.4 is 16.0 Å². The molecule has 34 heavy (non-hydrogen) atoms. The van der Waals surface area contributed by atoms with E-state index < -0.39 is 5.82 Å². The zero-order valence-electron chi connectivity index (χ0n) is 19.7.